The fourth-order valence-corrected chi connectivity index (χ4v) is 6.53. The van der Waals surface area contributed by atoms with Gasteiger partial charge < -0.3 is 4.42 Å². The molecule has 0 aliphatic heterocycles. The second-order valence-corrected chi connectivity index (χ2v) is 12.0. The van der Waals surface area contributed by atoms with Crippen molar-refractivity contribution in [2.24, 2.45) is 0 Å². The molecule has 49 heavy (non-hydrogen) atoms. The molecule has 0 amide bonds. The summed E-state index contributed by atoms with van der Waals surface area (Å²) in [5.74, 6) is 1.92. The lowest BCUT2D eigenvalue weighted by Crippen LogP contribution is -2.00. The first kappa shape index (κ1) is 28.6. The number of benzene rings is 7. The molecule has 0 unspecified atom stereocenters. The van der Waals surface area contributed by atoms with Gasteiger partial charge in [-0.15, -0.1) is 0 Å². The third kappa shape index (κ3) is 5.35. The Hall–Kier alpha value is -6.65. The van der Waals surface area contributed by atoms with Crippen LogP contribution in [0.25, 0.3) is 89.5 Å². The van der Waals surface area contributed by atoms with Gasteiger partial charge in [-0.2, -0.15) is 0 Å². The minimum atomic E-state index is 0.628. The monoisotopic (exact) mass is 627 g/mol. The van der Waals surface area contributed by atoms with E-state index in [9.17, 15) is 0 Å². The molecule has 0 fully saturated rings. The largest absolute Gasteiger partial charge is 0.455 e. The molecular formula is C45H29N3O. The quantitative estimate of drug-likeness (QED) is 0.184. The molecule has 4 nitrogen and oxygen atoms in total. The van der Waals surface area contributed by atoms with Gasteiger partial charge in [0.1, 0.15) is 11.2 Å². The number of fused-ring (bicyclic) bond motifs is 3. The molecule has 9 rings (SSSR count). The average molecular weight is 628 g/mol. The second-order valence-electron chi connectivity index (χ2n) is 12.0. The predicted octanol–water partition coefficient (Wildman–Crippen LogP) is 11.8. The maximum absolute atomic E-state index is 6.74. The van der Waals surface area contributed by atoms with Gasteiger partial charge in [-0.1, -0.05) is 164 Å². The van der Waals surface area contributed by atoms with Gasteiger partial charge in [0.25, 0.3) is 0 Å². The van der Waals surface area contributed by atoms with Crippen molar-refractivity contribution in [1.29, 1.82) is 0 Å². The van der Waals surface area contributed by atoms with Gasteiger partial charge in [-0.25, -0.2) is 15.0 Å². The molecule has 0 aliphatic rings. The van der Waals surface area contributed by atoms with E-state index in [4.69, 9.17) is 19.4 Å². The van der Waals surface area contributed by atoms with Crippen molar-refractivity contribution in [2.75, 3.05) is 0 Å². The summed E-state index contributed by atoms with van der Waals surface area (Å²) in [7, 11) is 0. The third-order valence-electron chi connectivity index (χ3n) is 8.94. The highest BCUT2D eigenvalue weighted by Crippen LogP contribution is 2.43. The van der Waals surface area contributed by atoms with Crippen LogP contribution >= 0.6 is 0 Å². The zero-order chi connectivity index (χ0) is 32.6. The van der Waals surface area contributed by atoms with Crippen LogP contribution in [0.5, 0.6) is 0 Å². The van der Waals surface area contributed by atoms with Gasteiger partial charge in [0, 0.05) is 33.0 Å². The SMILES string of the molecule is c1ccc(-c2cc(-c3ccc(-c4nc(-c5ccccc5)nc(-c5ccccc5)n4)cc3)c3c(c2)oc2c(-c4ccccc4)cccc23)cc1. The Balaban J connectivity index is 1.21. The number of para-hydroxylation sites is 1. The lowest BCUT2D eigenvalue weighted by atomic mass is 9.93. The van der Waals surface area contributed by atoms with E-state index >= 15 is 0 Å². The van der Waals surface area contributed by atoms with Crippen molar-refractivity contribution in [1.82, 2.24) is 15.0 Å². The summed E-state index contributed by atoms with van der Waals surface area (Å²) < 4.78 is 6.74. The fraction of sp³-hybridized carbons (Fsp3) is 0. The summed E-state index contributed by atoms with van der Waals surface area (Å²) in [5.41, 5.74) is 11.2. The summed E-state index contributed by atoms with van der Waals surface area (Å²) in [6.45, 7) is 0. The van der Waals surface area contributed by atoms with E-state index in [2.05, 4.69) is 103 Å². The molecule has 7 aromatic carbocycles. The summed E-state index contributed by atoms with van der Waals surface area (Å²) in [4.78, 5) is 14.7. The Bertz CT molecular complexity index is 2500. The summed E-state index contributed by atoms with van der Waals surface area (Å²) in [6.07, 6.45) is 0. The standard InChI is InChI=1S/C45H29N3O/c1-5-14-30(15-6-1)36-28-39(41-38-23-13-22-37(31-16-7-2-8-17-31)42(38)49-40(41)29-36)32-24-26-35(27-25-32)45-47-43(33-18-9-3-10-19-33)46-44(48-45)34-20-11-4-12-21-34/h1-29H. The van der Waals surface area contributed by atoms with Gasteiger partial charge in [0.15, 0.2) is 17.5 Å². The molecule has 4 heteroatoms. The molecule has 2 heterocycles. The molecule has 0 radical (unpaired) electrons. The van der Waals surface area contributed by atoms with Crippen LogP contribution in [-0.4, -0.2) is 15.0 Å². The smallest absolute Gasteiger partial charge is 0.164 e. The van der Waals surface area contributed by atoms with Gasteiger partial charge in [0.2, 0.25) is 0 Å². The van der Waals surface area contributed by atoms with Crippen molar-refractivity contribution in [3.8, 4) is 67.5 Å². The zero-order valence-corrected chi connectivity index (χ0v) is 26.5. The topological polar surface area (TPSA) is 51.8 Å². The van der Waals surface area contributed by atoms with Crippen LogP contribution < -0.4 is 0 Å². The van der Waals surface area contributed by atoms with Crippen molar-refractivity contribution in [3.05, 3.63) is 176 Å². The molecule has 0 atom stereocenters. The van der Waals surface area contributed by atoms with Crippen LogP contribution in [0.2, 0.25) is 0 Å². The molecule has 0 spiro atoms. The summed E-state index contributed by atoms with van der Waals surface area (Å²) in [5, 5.41) is 2.19. The van der Waals surface area contributed by atoms with Crippen LogP contribution in [0.1, 0.15) is 0 Å². The normalized spacial score (nSPS) is 11.3. The minimum absolute atomic E-state index is 0.628. The van der Waals surface area contributed by atoms with Crippen LogP contribution in [0, 0.1) is 0 Å². The van der Waals surface area contributed by atoms with E-state index in [1.54, 1.807) is 0 Å². The maximum atomic E-state index is 6.74. The van der Waals surface area contributed by atoms with Crippen molar-refractivity contribution < 1.29 is 4.42 Å². The van der Waals surface area contributed by atoms with Crippen LogP contribution in [-0.2, 0) is 0 Å². The van der Waals surface area contributed by atoms with Crippen LogP contribution in [0.3, 0.4) is 0 Å². The predicted molar refractivity (Wildman–Crippen MR) is 200 cm³/mol. The fourth-order valence-electron chi connectivity index (χ4n) is 6.53. The first-order valence-electron chi connectivity index (χ1n) is 16.4. The van der Waals surface area contributed by atoms with Gasteiger partial charge in [-0.3, -0.25) is 0 Å². The highest BCUT2D eigenvalue weighted by Gasteiger charge is 2.19. The number of hydrogen-bond acceptors (Lipinski definition) is 4. The van der Waals surface area contributed by atoms with Crippen LogP contribution in [0.4, 0.5) is 0 Å². The Morgan fingerprint density at radius 3 is 1.33 bits per heavy atom. The number of aromatic nitrogens is 3. The first-order chi connectivity index (χ1) is 24.3. The Morgan fingerprint density at radius 2 is 0.776 bits per heavy atom. The second kappa shape index (κ2) is 12.2. The molecule has 230 valence electrons. The van der Waals surface area contributed by atoms with Crippen molar-refractivity contribution in [2.45, 2.75) is 0 Å². The Labute approximate surface area is 284 Å². The lowest BCUT2D eigenvalue weighted by Gasteiger charge is -2.11. The van der Waals surface area contributed by atoms with E-state index in [0.29, 0.717) is 17.5 Å². The highest BCUT2D eigenvalue weighted by atomic mass is 16.3. The van der Waals surface area contributed by atoms with Crippen LogP contribution in [0.15, 0.2) is 180 Å². The molecular weight excluding hydrogens is 599 g/mol. The molecule has 0 aliphatic carbocycles. The highest BCUT2D eigenvalue weighted by molar-refractivity contribution is 6.16. The molecule has 0 bridgehead atoms. The minimum Gasteiger partial charge on any atom is -0.455 e. The van der Waals surface area contributed by atoms with E-state index in [-0.39, 0.29) is 0 Å². The maximum Gasteiger partial charge on any atom is 0.164 e. The van der Waals surface area contributed by atoms with Gasteiger partial charge in [-0.05, 0) is 39.9 Å². The number of furan rings is 1. The Morgan fingerprint density at radius 1 is 0.327 bits per heavy atom. The molecule has 0 N–H and O–H groups in total. The third-order valence-corrected chi connectivity index (χ3v) is 8.94. The first-order valence-corrected chi connectivity index (χ1v) is 16.4. The molecule has 2 aromatic heterocycles. The van der Waals surface area contributed by atoms with Gasteiger partial charge >= 0.3 is 0 Å². The molecule has 0 saturated carbocycles. The number of rotatable bonds is 6. The Kier molecular flexibility index (Phi) is 7.10. The van der Waals surface area contributed by atoms with Crippen molar-refractivity contribution >= 4 is 21.9 Å². The average Bonchev–Trinajstić information content (AvgIpc) is 3.58. The van der Waals surface area contributed by atoms with E-state index in [0.717, 1.165) is 72.0 Å². The van der Waals surface area contributed by atoms with Gasteiger partial charge in [0.05, 0.1) is 0 Å². The summed E-state index contributed by atoms with van der Waals surface area (Å²) >= 11 is 0. The van der Waals surface area contributed by atoms with E-state index in [1.165, 1.54) is 0 Å². The summed E-state index contributed by atoms with van der Waals surface area (Å²) in [6, 6.07) is 60.4. The van der Waals surface area contributed by atoms with E-state index < -0.39 is 0 Å². The number of hydrogen-bond donors (Lipinski definition) is 0. The zero-order valence-electron chi connectivity index (χ0n) is 26.5. The molecule has 9 aromatic rings. The lowest BCUT2D eigenvalue weighted by molar-refractivity contribution is 0.670. The van der Waals surface area contributed by atoms with Crippen molar-refractivity contribution in [3.63, 3.8) is 0 Å². The molecule has 0 saturated heterocycles. The number of nitrogens with zero attached hydrogens (tertiary/aromatic N) is 3. The van der Waals surface area contributed by atoms with E-state index in [1.807, 2.05) is 72.8 Å².